The molecule has 0 atom stereocenters. The molecule has 2 heterocycles. The van der Waals surface area contributed by atoms with Crippen LogP contribution in [0.4, 0.5) is 0 Å². The van der Waals surface area contributed by atoms with Gasteiger partial charge in [0.05, 0.1) is 19.1 Å². The number of halogens is 1. The molecule has 0 saturated carbocycles. The summed E-state index contributed by atoms with van der Waals surface area (Å²) >= 11 is 0. The Morgan fingerprint density at radius 2 is 2.00 bits per heavy atom. The summed E-state index contributed by atoms with van der Waals surface area (Å²) in [6, 6.07) is 5.54. The largest absolute Gasteiger partial charge is 0.492 e. The van der Waals surface area contributed by atoms with Gasteiger partial charge in [0.2, 0.25) is 6.79 Å². The van der Waals surface area contributed by atoms with Crippen molar-refractivity contribution < 1.29 is 23.7 Å². The molecule has 1 fully saturated rings. The summed E-state index contributed by atoms with van der Waals surface area (Å²) in [6.07, 6.45) is 1.58. The number of ether oxygens (including phenoxy) is 4. The van der Waals surface area contributed by atoms with Crippen LogP contribution in [0, 0.1) is 5.92 Å². The average Bonchev–Trinajstić information content (AvgIpc) is 3.18. The second kappa shape index (κ2) is 11.9. The maximum atomic E-state index is 11.9. The van der Waals surface area contributed by atoms with Crippen molar-refractivity contribution in [3.8, 4) is 17.2 Å². The van der Waals surface area contributed by atoms with Crippen molar-refractivity contribution in [2.75, 3.05) is 46.2 Å². The number of carbonyl (C=O) groups excluding carboxylic acids is 1. The molecule has 8 nitrogen and oxygen atoms in total. The van der Waals surface area contributed by atoms with Gasteiger partial charge in [0.15, 0.2) is 17.5 Å². The first-order valence-electron chi connectivity index (χ1n) is 9.93. The number of esters is 1. The van der Waals surface area contributed by atoms with Crippen LogP contribution in [0.25, 0.3) is 0 Å². The maximum Gasteiger partial charge on any atom is 0.309 e. The van der Waals surface area contributed by atoms with Gasteiger partial charge in [0.25, 0.3) is 0 Å². The van der Waals surface area contributed by atoms with E-state index in [0.29, 0.717) is 25.5 Å². The fourth-order valence-corrected chi connectivity index (χ4v) is 3.29. The molecule has 0 amide bonds. The number of nitrogens with one attached hydrogen (secondary N) is 1. The molecule has 0 unspecified atom stereocenters. The Hall–Kier alpha value is -1.91. The van der Waals surface area contributed by atoms with Gasteiger partial charge >= 0.3 is 5.97 Å². The van der Waals surface area contributed by atoms with Crippen LogP contribution in [0.1, 0.15) is 26.7 Å². The first-order chi connectivity index (χ1) is 13.7. The summed E-state index contributed by atoms with van der Waals surface area (Å²) in [5, 5.41) is 3.32. The second-order valence-electron chi connectivity index (χ2n) is 6.61. The van der Waals surface area contributed by atoms with E-state index in [-0.39, 0.29) is 42.7 Å². The van der Waals surface area contributed by atoms with E-state index in [4.69, 9.17) is 18.9 Å². The lowest BCUT2D eigenvalue weighted by atomic mass is 9.97. The van der Waals surface area contributed by atoms with Gasteiger partial charge in [-0.25, -0.2) is 4.99 Å². The van der Waals surface area contributed by atoms with Crippen molar-refractivity contribution in [2.24, 2.45) is 10.9 Å². The van der Waals surface area contributed by atoms with E-state index in [2.05, 4.69) is 15.2 Å². The second-order valence-corrected chi connectivity index (χ2v) is 6.61. The Morgan fingerprint density at radius 1 is 1.24 bits per heavy atom. The smallest absolute Gasteiger partial charge is 0.309 e. The summed E-state index contributed by atoms with van der Waals surface area (Å²) in [7, 11) is 0. The highest BCUT2D eigenvalue weighted by Gasteiger charge is 2.27. The van der Waals surface area contributed by atoms with Crippen LogP contribution in [0.5, 0.6) is 17.2 Å². The van der Waals surface area contributed by atoms with E-state index >= 15 is 0 Å². The third-order valence-corrected chi connectivity index (χ3v) is 4.71. The van der Waals surface area contributed by atoms with Gasteiger partial charge in [-0.05, 0) is 38.8 Å². The molecule has 1 aromatic carbocycles. The Labute approximate surface area is 188 Å². The minimum Gasteiger partial charge on any atom is -0.492 e. The van der Waals surface area contributed by atoms with Gasteiger partial charge in [-0.1, -0.05) is 0 Å². The topological polar surface area (TPSA) is 81.6 Å². The predicted molar refractivity (Wildman–Crippen MR) is 120 cm³/mol. The zero-order valence-electron chi connectivity index (χ0n) is 17.0. The van der Waals surface area contributed by atoms with Crippen molar-refractivity contribution in [1.29, 1.82) is 0 Å². The highest BCUT2D eigenvalue weighted by atomic mass is 127. The lowest BCUT2D eigenvalue weighted by Crippen LogP contribution is -2.46. The molecule has 1 aromatic rings. The number of piperidine rings is 1. The van der Waals surface area contributed by atoms with E-state index in [1.807, 2.05) is 32.0 Å². The van der Waals surface area contributed by atoms with Crippen LogP contribution in [0.15, 0.2) is 23.2 Å². The van der Waals surface area contributed by atoms with Crippen LogP contribution in [0.3, 0.4) is 0 Å². The molecule has 2 aliphatic heterocycles. The van der Waals surface area contributed by atoms with Gasteiger partial charge < -0.3 is 29.2 Å². The molecule has 1 N–H and O–H groups in total. The fraction of sp³-hybridized carbons (Fsp3) is 0.600. The molecule has 0 aliphatic carbocycles. The molecule has 3 rings (SSSR count). The molecule has 9 heteroatoms. The number of hydrogen-bond acceptors (Lipinski definition) is 6. The molecule has 0 spiro atoms. The van der Waals surface area contributed by atoms with Crippen molar-refractivity contribution in [1.82, 2.24) is 10.2 Å². The molecule has 0 aromatic heterocycles. The Bertz CT molecular complexity index is 693. The molecule has 0 radical (unpaired) electrons. The number of guanidine groups is 1. The molecular formula is C20H30IN3O5. The molecule has 162 valence electrons. The van der Waals surface area contributed by atoms with Crippen LogP contribution in [-0.2, 0) is 9.53 Å². The third kappa shape index (κ3) is 6.55. The van der Waals surface area contributed by atoms with Crippen molar-refractivity contribution in [3.63, 3.8) is 0 Å². The summed E-state index contributed by atoms with van der Waals surface area (Å²) in [6.45, 7) is 7.95. The summed E-state index contributed by atoms with van der Waals surface area (Å²) in [4.78, 5) is 18.8. The van der Waals surface area contributed by atoms with Gasteiger partial charge in [-0.3, -0.25) is 4.79 Å². The Kier molecular flexibility index (Phi) is 9.62. The first kappa shape index (κ1) is 23.4. The van der Waals surface area contributed by atoms with E-state index in [9.17, 15) is 4.79 Å². The number of likely N-dealkylation sites (tertiary alicyclic amines) is 1. The van der Waals surface area contributed by atoms with E-state index in [1.165, 1.54) is 0 Å². The van der Waals surface area contributed by atoms with Crippen molar-refractivity contribution in [2.45, 2.75) is 26.7 Å². The lowest BCUT2D eigenvalue weighted by Gasteiger charge is -2.33. The number of hydrogen-bond donors (Lipinski definition) is 1. The lowest BCUT2D eigenvalue weighted by molar-refractivity contribution is -0.149. The normalized spacial score (nSPS) is 16.2. The predicted octanol–water partition coefficient (Wildman–Crippen LogP) is 2.65. The molecule has 0 bridgehead atoms. The monoisotopic (exact) mass is 519 g/mol. The van der Waals surface area contributed by atoms with Crippen molar-refractivity contribution >= 4 is 35.9 Å². The zero-order chi connectivity index (χ0) is 19.8. The fourth-order valence-electron chi connectivity index (χ4n) is 3.29. The number of benzene rings is 1. The van der Waals surface area contributed by atoms with E-state index in [0.717, 1.165) is 49.9 Å². The van der Waals surface area contributed by atoms with Crippen LogP contribution < -0.4 is 19.5 Å². The minimum atomic E-state index is -0.0822. The summed E-state index contributed by atoms with van der Waals surface area (Å²) < 4.78 is 21.6. The minimum absolute atomic E-state index is 0. The molecule has 29 heavy (non-hydrogen) atoms. The summed E-state index contributed by atoms with van der Waals surface area (Å²) in [5.74, 6) is 2.96. The molecular weight excluding hydrogens is 489 g/mol. The molecule has 1 saturated heterocycles. The van der Waals surface area contributed by atoms with E-state index in [1.54, 1.807) is 0 Å². The number of rotatable bonds is 7. The standard InChI is InChI=1S/C20H29N3O5.HI/c1-3-21-20(23-10-7-15(8-11-23)19(24)25-4-2)22-9-12-26-16-5-6-17-18(13-16)28-14-27-17;/h5-6,13,15H,3-4,7-12,14H2,1-2H3,(H,21,22);1H. The third-order valence-electron chi connectivity index (χ3n) is 4.71. The highest BCUT2D eigenvalue weighted by molar-refractivity contribution is 14.0. The van der Waals surface area contributed by atoms with Crippen LogP contribution >= 0.6 is 24.0 Å². The Balaban J connectivity index is 0.00000300. The number of aliphatic imine (C=N–C) groups is 1. The van der Waals surface area contributed by atoms with Gasteiger partial charge in [-0.15, -0.1) is 24.0 Å². The first-order valence-corrected chi connectivity index (χ1v) is 9.93. The van der Waals surface area contributed by atoms with Crippen molar-refractivity contribution in [3.05, 3.63) is 18.2 Å². The maximum absolute atomic E-state index is 11.9. The average molecular weight is 519 g/mol. The quantitative estimate of drug-likeness (QED) is 0.195. The Morgan fingerprint density at radius 3 is 2.72 bits per heavy atom. The number of fused-ring (bicyclic) bond motifs is 1. The summed E-state index contributed by atoms with van der Waals surface area (Å²) in [5.41, 5.74) is 0. The molecule has 2 aliphatic rings. The number of carbonyl (C=O) groups is 1. The van der Waals surface area contributed by atoms with Gasteiger partial charge in [0, 0.05) is 25.7 Å². The van der Waals surface area contributed by atoms with Gasteiger partial charge in [0.1, 0.15) is 12.4 Å². The SMILES string of the molecule is CCNC(=NCCOc1ccc2c(c1)OCO2)N1CCC(C(=O)OCC)CC1.I. The van der Waals surface area contributed by atoms with Crippen LogP contribution in [0.2, 0.25) is 0 Å². The van der Waals surface area contributed by atoms with Crippen LogP contribution in [-0.4, -0.2) is 63.0 Å². The van der Waals surface area contributed by atoms with E-state index < -0.39 is 0 Å². The zero-order valence-corrected chi connectivity index (χ0v) is 19.3. The number of nitrogens with zero attached hydrogens (tertiary/aromatic N) is 2. The van der Waals surface area contributed by atoms with Gasteiger partial charge in [-0.2, -0.15) is 0 Å². The highest BCUT2D eigenvalue weighted by Crippen LogP contribution is 2.35.